The number of nitrogens with zero attached hydrogens (tertiary/aromatic N) is 4. The summed E-state index contributed by atoms with van der Waals surface area (Å²) in [5, 5.41) is 16.5. The Morgan fingerprint density at radius 1 is 1.31 bits per heavy atom. The van der Waals surface area contributed by atoms with Crippen LogP contribution in [0.4, 0.5) is 0 Å². The van der Waals surface area contributed by atoms with Gasteiger partial charge in [0, 0.05) is 18.7 Å². The number of hydrogen-bond donors (Lipinski definition) is 6. The molecule has 0 bridgehead atoms. The molecule has 1 saturated carbocycles. The highest BCUT2D eigenvalue weighted by Crippen LogP contribution is 2.64. The summed E-state index contributed by atoms with van der Waals surface area (Å²) in [6.45, 7) is 0.694. The fourth-order valence-electron chi connectivity index (χ4n) is 6.49. The molecule has 4 aliphatic heterocycles. The van der Waals surface area contributed by atoms with E-state index in [9.17, 15) is 9.90 Å². The summed E-state index contributed by atoms with van der Waals surface area (Å²) in [5.41, 5.74) is 16.5. The maximum atomic E-state index is 13.4. The number of nitrogens with one attached hydrogen (secondary N) is 2. The summed E-state index contributed by atoms with van der Waals surface area (Å²) >= 11 is 6.92. The number of aliphatic hydroxyl groups is 1. The molecule has 2 fully saturated rings. The van der Waals surface area contributed by atoms with E-state index in [0.29, 0.717) is 18.8 Å². The molecule has 1 saturated heterocycles. The summed E-state index contributed by atoms with van der Waals surface area (Å²) in [5.74, 6) is -0.552. The maximum Gasteiger partial charge on any atom is 0.272 e. The second-order valence-corrected chi connectivity index (χ2v) is 8.89. The van der Waals surface area contributed by atoms with E-state index < -0.39 is 34.9 Å². The van der Waals surface area contributed by atoms with Gasteiger partial charge in [0.2, 0.25) is 0 Å². The number of halogens is 1. The van der Waals surface area contributed by atoms with Crippen LogP contribution in [-0.4, -0.2) is 68.3 Å². The van der Waals surface area contributed by atoms with Crippen molar-refractivity contribution >= 4 is 29.4 Å². The SMILES string of the molecule is NC[C@H]1[C@H]2CN3C(=O)c4cccn4[C@H]4NC(N)=NC43[C@H]2[C@@]2(N=C(N)N[C@@H]2O)[C@H]1Cl. The zero-order valence-corrected chi connectivity index (χ0v) is 16.1. The predicted octanol–water partition coefficient (Wildman–Crippen LogP) is -2.53. The Labute approximate surface area is 170 Å². The number of rotatable bonds is 1. The molecule has 1 aromatic heterocycles. The number of aliphatic imine (C=N–C) groups is 2. The van der Waals surface area contributed by atoms with Crippen molar-refractivity contribution in [3.8, 4) is 0 Å². The molecular weight excluding hydrogens is 398 g/mol. The molecule has 1 aliphatic carbocycles. The molecule has 1 aromatic rings. The van der Waals surface area contributed by atoms with Crippen molar-refractivity contribution in [1.82, 2.24) is 20.1 Å². The van der Waals surface area contributed by atoms with Crippen LogP contribution in [-0.2, 0) is 0 Å². The van der Waals surface area contributed by atoms with Crippen molar-refractivity contribution in [2.75, 3.05) is 13.1 Å². The largest absolute Gasteiger partial charge is 0.371 e. The van der Waals surface area contributed by atoms with Gasteiger partial charge in [-0.15, -0.1) is 11.6 Å². The van der Waals surface area contributed by atoms with Crippen molar-refractivity contribution in [1.29, 1.82) is 0 Å². The van der Waals surface area contributed by atoms with Crippen LogP contribution in [0.3, 0.4) is 0 Å². The smallest absolute Gasteiger partial charge is 0.272 e. The van der Waals surface area contributed by atoms with E-state index in [1.54, 1.807) is 11.0 Å². The first-order valence-corrected chi connectivity index (χ1v) is 10.0. The molecule has 1 amide bonds. The Kier molecular flexibility index (Phi) is 3.09. The van der Waals surface area contributed by atoms with Gasteiger partial charge in [0.05, 0.1) is 5.38 Å². The molecule has 11 nitrogen and oxygen atoms in total. The monoisotopic (exact) mass is 419 g/mol. The Bertz CT molecular complexity index is 993. The number of hydrogen-bond acceptors (Lipinski definition) is 9. The van der Waals surface area contributed by atoms with Gasteiger partial charge in [-0.05, 0) is 30.5 Å². The lowest BCUT2D eigenvalue weighted by Crippen LogP contribution is -2.66. The van der Waals surface area contributed by atoms with Crippen molar-refractivity contribution in [2.45, 2.75) is 29.0 Å². The van der Waals surface area contributed by atoms with Gasteiger partial charge in [-0.2, -0.15) is 0 Å². The average molecular weight is 420 g/mol. The predicted molar refractivity (Wildman–Crippen MR) is 105 cm³/mol. The van der Waals surface area contributed by atoms with Gasteiger partial charge in [0.15, 0.2) is 30.0 Å². The quantitative estimate of drug-likeness (QED) is 0.272. The zero-order chi connectivity index (χ0) is 20.3. The Balaban J connectivity index is 1.63. The topological polar surface area (TPSA) is 172 Å². The van der Waals surface area contributed by atoms with Crippen LogP contribution in [0.25, 0.3) is 0 Å². The number of aromatic nitrogens is 1. The normalized spacial score (nSPS) is 46.6. The third-order valence-corrected chi connectivity index (χ3v) is 8.07. The molecule has 1 unspecified atom stereocenters. The van der Waals surface area contributed by atoms with Gasteiger partial charge < -0.3 is 42.4 Å². The minimum atomic E-state index is -1.19. The van der Waals surface area contributed by atoms with Crippen molar-refractivity contribution in [3.63, 3.8) is 0 Å². The first kappa shape index (κ1) is 17.4. The minimum absolute atomic E-state index is 0.109. The van der Waals surface area contributed by atoms with Crippen molar-refractivity contribution in [3.05, 3.63) is 24.0 Å². The minimum Gasteiger partial charge on any atom is -0.371 e. The van der Waals surface area contributed by atoms with E-state index in [1.165, 1.54) is 0 Å². The van der Waals surface area contributed by atoms with Crippen LogP contribution in [0, 0.1) is 17.8 Å². The third kappa shape index (κ3) is 1.68. The molecule has 5 heterocycles. The summed E-state index contributed by atoms with van der Waals surface area (Å²) in [6, 6.07) is 3.59. The Morgan fingerprint density at radius 3 is 2.76 bits per heavy atom. The lowest BCUT2D eigenvalue weighted by molar-refractivity contribution is -0.0182. The molecule has 0 radical (unpaired) electrons. The average Bonchev–Trinajstić information content (AvgIpc) is 3.42. The van der Waals surface area contributed by atoms with Crippen LogP contribution < -0.4 is 27.8 Å². The van der Waals surface area contributed by atoms with Crippen LogP contribution in [0.2, 0.25) is 0 Å². The van der Waals surface area contributed by atoms with Crippen molar-refractivity contribution < 1.29 is 9.90 Å². The molecule has 6 rings (SSSR count). The molecule has 154 valence electrons. The highest BCUT2D eigenvalue weighted by molar-refractivity contribution is 6.22. The second-order valence-electron chi connectivity index (χ2n) is 8.42. The highest BCUT2D eigenvalue weighted by Gasteiger charge is 2.79. The number of guanidine groups is 2. The molecule has 8 atom stereocenters. The summed E-state index contributed by atoms with van der Waals surface area (Å²) in [6.07, 6.45) is 0.260. The Morgan fingerprint density at radius 2 is 2.07 bits per heavy atom. The first-order chi connectivity index (χ1) is 13.9. The lowest BCUT2D eigenvalue weighted by atomic mass is 9.74. The van der Waals surface area contributed by atoms with Crippen LogP contribution in [0.5, 0.6) is 0 Å². The van der Waals surface area contributed by atoms with E-state index in [2.05, 4.69) is 15.6 Å². The molecule has 12 heteroatoms. The number of carbonyl (C=O) groups excluding carboxylic acids is 1. The fraction of sp³-hybridized carbons (Fsp3) is 0.588. The lowest BCUT2D eigenvalue weighted by Gasteiger charge is -2.49. The molecule has 5 aliphatic rings. The summed E-state index contributed by atoms with van der Waals surface area (Å²) in [4.78, 5) is 24.6. The number of amides is 1. The van der Waals surface area contributed by atoms with Crippen LogP contribution in [0.1, 0.15) is 16.7 Å². The standard InChI is InChI=1S/C17H22ClN9O2/c18-10-6(4-19)7-5-27-11(28)8-2-1-3-26(8)12-17(27,25-14(20)22-12)9(7)16(10)13(29)23-15(21)24-16/h1-3,6-7,9-10,12-13,29H,4-5,19H2,(H3,20,22,25)(H3,21,23,24)/t6-,7+,9+,10-,12+,13+,16+,17?/m0/s1. The van der Waals surface area contributed by atoms with Gasteiger partial charge in [0.25, 0.3) is 5.91 Å². The molecule has 0 aromatic carbocycles. The van der Waals surface area contributed by atoms with E-state index in [-0.39, 0.29) is 29.7 Å². The van der Waals surface area contributed by atoms with E-state index >= 15 is 0 Å². The van der Waals surface area contributed by atoms with Crippen LogP contribution >= 0.6 is 11.6 Å². The van der Waals surface area contributed by atoms with Gasteiger partial charge in [-0.1, -0.05) is 0 Å². The number of carbonyl (C=O) groups is 1. The van der Waals surface area contributed by atoms with Gasteiger partial charge >= 0.3 is 0 Å². The molecule has 9 N–H and O–H groups in total. The fourth-order valence-corrected chi connectivity index (χ4v) is 7.08. The summed E-state index contributed by atoms with van der Waals surface area (Å²) in [7, 11) is 0. The molecule has 29 heavy (non-hydrogen) atoms. The third-order valence-electron chi connectivity index (χ3n) is 7.39. The van der Waals surface area contributed by atoms with E-state index in [4.69, 9.17) is 33.8 Å². The number of alkyl halides is 1. The van der Waals surface area contributed by atoms with Crippen LogP contribution in [0.15, 0.2) is 28.3 Å². The highest BCUT2D eigenvalue weighted by atomic mass is 35.5. The number of fused-ring (bicyclic) bond motifs is 4. The number of nitrogens with two attached hydrogens (primary N) is 3. The van der Waals surface area contributed by atoms with E-state index in [1.807, 2.05) is 16.8 Å². The van der Waals surface area contributed by atoms with E-state index in [0.717, 1.165) is 0 Å². The zero-order valence-electron chi connectivity index (χ0n) is 15.4. The van der Waals surface area contributed by atoms with Gasteiger partial charge in [-0.25, -0.2) is 9.98 Å². The Hall–Kier alpha value is -2.50. The molecular formula is C17H22ClN9O2. The summed E-state index contributed by atoms with van der Waals surface area (Å²) < 4.78 is 1.85. The first-order valence-electron chi connectivity index (χ1n) is 9.61. The molecule has 2 spiro atoms. The van der Waals surface area contributed by atoms with Crippen molar-refractivity contribution in [2.24, 2.45) is 44.9 Å². The number of aliphatic hydroxyl groups excluding tert-OH is 1. The second kappa shape index (κ2) is 5.15. The van der Waals surface area contributed by atoms with Gasteiger partial charge in [-0.3, -0.25) is 4.79 Å². The van der Waals surface area contributed by atoms with Gasteiger partial charge in [0.1, 0.15) is 11.2 Å². The maximum absolute atomic E-state index is 13.4.